The van der Waals surface area contributed by atoms with Gasteiger partial charge < -0.3 is 10.2 Å². The summed E-state index contributed by atoms with van der Waals surface area (Å²) in [5.41, 5.74) is 2.95. The summed E-state index contributed by atoms with van der Waals surface area (Å²) in [6.45, 7) is 3.91. The Labute approximate surface area is 118 Å². The average Bonchev–Trinajstić information content (AvgIpc) is 2.34. The quantitative estimate of drug-likeness (QED) is 0.771. The molecule has 0 bridgehead atoms. The van der Waals surface area contributed by atoms with Crippen molar-refractivity contribution in [1.29, 1.82) is 0 Å². The highest BCUT2D eigenvalue weighted by Gasteiger charge is 2.15. The highest BCUT2D eigenvalue weighted by Crippen LogP contribution is 2.20. The van der Waals surface area contributed by atoms with Crippen LogP contribution >= 0.6 is 0 Å². The van der Waals surface area contributed by atoms with Gasteiger partial charge in [0.25, 0.3) is 6.43 Å². The molecule has 1 rings (SSSR count). The van der Waals surface area contributed by atoms with E-state index in [1.165, 1.54) is 4.90 Å². The van der Waals surface area contributed by atoms with Gasteiger partial charge in [-0.05, 0) is 25.8 Å². The lowest BCUT2D eigenvalue weighted by atomic mass is 10.0. The summed E-state index contributed by atoms with van der Waals surface area (Å²) in [7, 11) is 0. The number of halogens is 2. The molecule has 0 saturated carbocycles. The third-order valence-corrected chi connectivity index (χ3v) is 3.16. The first-order chi connectivity index (χ1) is 9.42. The zero-order valence-electron chi connectivity index (χ0n) is 12.0. The third-order valence-electron chi connectivity index (χ3n) is 3.16. The Bertz CT molecular complexity index is 393. The molecule has 0 aliphatic rings. The molecule has 20 heavy (non-hydrogen) atoms. The van der Waals surface area contributed by atoms with Crippen LogP contribution in [0.5, 0.6) is 0 Å². The van der Waals surface area contributed by atoms with E-state index in [2.05, 4.69) is 0 Å². The Morgan fingerprint density at radius 2 is 1.70 bits per heavy atom. The SMILES string of the molecule is Cc1cc(C)cc(C(O)CCN(CCO)CC(F)F)c1. The second-order valence-corrected chi connectivity index (χ2v) is 5.14. The van der Waals surface area contributed by atoms with Crippen LogP contribution < -0.4 is 0 Å². The van der Waals surface area contributed by atoms with Gasteiger partial charge in [-0.1, -0.05) is 29.3 Å². The number of hydrogen-bond acceptors (Lipinski definition) is 3. The van der Waals surface area contributed by atoms with Gasteiger partial charge in [0.15, 0.2) is 0 Å². The van der Waals surface area contributed by atoms with Crippen molar-refractivity contribution in [2.75, 3.05) is 26.2 Å². The highest BCUT2D eigenvalue weighted by atomic mass is 19.3. The molecule has 3 nitrogen and oxygen atoms in total. The van der Waals surface area contributed by atoms with Crippen LogP contribution in [0.4, 0.5) is 8.78 Å². The smallest absolute Gasteiger partial charge is 0.251 e. The molecule has 2 N–H and O–H groups in total. The Hall–Kier alpha value is -1.04. The lowest BCUT2D eigenvalue weighted by Crippen LogP contribution is -2.33. The van der Waals surface area contributed by atoms with E-state index >= 15 is 0 Å². The standard InChI is InChI=1S/C15H23F2NO2/c1-11-7-12(2)9-13(8-11)14(20)3-4-18(5-6-19)10-15(16)17/h7-9,14-15,19-20H,3-6,10H2,1-2H3. The topological polar surface area (TPSA) is 43.7 Å². The molecular weight excluding hydrogens is 264 g/mol. The number of alkyl halides is 2. The summed E-state index contributed by atoms with van der Waals surface area (Å²) in [5.74, 6) is 0. The predicted molar refractivity (Wildman–Crippen MR) is 75.0 cm³/mol. The van der Waals surface area contributed by atoms with Gasteiger partial charge in [0, 0.05) is 13.1 Å². The molecule has 0 fully saturated rings. The predicted octanol–water partition coefficient (Wildman–Crippen LogP) is 2.29. The van der Waals surface area contributed by atoms with Gasteiger partial charge >= 0.3 is 0 Å². The van der Waals surface area contributed by atoms with E-state index in [4.69, 9.17) is 5.11 Å². The lowest BCUT2D eigenvalue weighted by molar-refractivity contribution is 0.0660. The van der Waals surface area contributed by atoms with Gasteiger partial charge in [0.05, 0.1) is 19.3 Å². The molecule has 0 radical (unpaired) electrons. The van der Waals surface area contributed by atoms with Crippen molar-refractivity contribution in [2.24, 2.45) is 0 Å². The molecule has 0 spiro atoms. The molecule has 0 aliphatic heterocycles. The maximum absolute atomic E-state index is 12.4. The summed E-state index contributed by atoms with van der Waals surface area (Å²) in [6, 6.07) is 5.83. The minimum atomic E-state index is -2.43. The number of aryl methyl sites for hydroxylation is 2. The van der Waals surface area contributed by atoms with Crippen molar-refractivity contribution >= 4 is 0 Å². The van der Waals surface area contributed by atoms with Crippen molar-refractivity contribution < 1.29 is 19.0 Å². The Balaban J connectivity index is 2.57. The zero-order chi connectivity index (χ0) is 15.1. The van der Waals surface area contributed by atoms with Crippen LogP contribution in [0.1, 0.15) is 29.2 Å². The first kappa shape index (κ1) is 17.0. The van der Waals surface area contributed by atoms with Gasteiger partial charge in [0.2, 0.25) is 0 Å². The first-order valence-corrected chi connectivity index (χ1v) is 6.80. The van der Waals surface area contributed by atoms with Gasteiger partial charge in [-0.15, -0.1) is 0 Å². The Kier molecular flexibility index (Phi) is 7.05. The average molecular weight is 287 g/mol. The van der Waals surface area contributed by atoms with E-state index < -0.39 is 12.5 Å². The summed E-state index contributed by atoms with van der Waals surface area (Å²) >= 11 is 0. The molecule has 1 atom stereocenters. The van der Waals surface area contributed by atoms with Crippen molar-refractivity contribution in [3.05, 3.63) is 34.9 Å². The number of benzene rings is 1. The fourth-order valence-electron chi connectivity index (χ4n) is 2.30. The molecule has 1 aromatic carbocycles. The maximum atomic E-state index is 12.4. The van der Waals surface area contributed by atoms with Crippen molar-refractivity contribution in [3.8, 4) is 0 Å². The van der Waals surface area contributed by atoms with Crippen molar-refractivity contribution in [2.45, 2.75) is 32.8 Å². The Morgan fingerprint density at radius 1 is 1.10 bits per heavy atom. The third kappa shape index (κ3) is 5.94. The second-order valence-electron chi connectivity index (χ2n) is 5.14. The van der Waals surface area contributed by atoms with Gasteiger partial charge in [-0.2, -0.15) is 0 Å². The summed E-state index contributed by atoms with van der Waals surface area (Å²) < 4.78 is 24.8. The van der Waals surface area contributed by atoms with Crippen LogP contribution in [0.25, 0.3) is 0 Å². The molecule has 1 aromatic rings. The van der Waals surface area contributed by atoms with E-state index in [9.17, 15) is 13.9 Å². The molecule has 0 aliphatic carbocycles. The van der Waals surface area contributed by atoms with Crippen LogP contribution in [-0.2, 0) is 0 Å². The van der Waals surface area contributed by atoms with Gasteiger partial charge in [-0.25, -0.2) is 8.78 Å². The van der Waals surface area contributed by atoms with Crippen LogP contribution in [0.15, 0.2) is 18.2 Å². The second kappa shape index (κ2) is 8.29. The van der Waals surface area contributed by atoms with Crippen LogP contribution in [-0.4, -0.2) is 47.8 Å². The lowest BCUT2D eigenvalue weighted by Gasteiger charge is -2.22. The van der Waals surface area contributed by atoms with Crippen molar-refractivity contribution in [1.82, 2.24) is 4.90 Å². The number of rotatable bonds is 8. The molecule has 5 heteroatoms. The fourth-order valence-corrected chi connectivity index (χ4v) is 2.30. The summed E-state index contributed by atoms with van der Waals surface area (Å²) in [4.78, 5) is 1.47. The van der Waals surface area contributed by atoms with E-state index in [1.54, 1.807) is 0 Å². The van der Waals surface area contributed by atoms with E-state index in [-0.39, 0.29) is 19.7 Å². The summed E-state index contributed by atoms with van der Waals surface area (Å²) in [5, 5.41) is 19.0. The summed E-state index contributed by atoms with van der Waals surface area (Å²) in [6.07, 6.45) is -2.73. The highest BCUT2D eigenvalue weighted by molar-refractivity contribution is 5.29. The largest absolute Gasteiger partial charge is 0.395 e. The van der Waals surface area contributed by atoms with Crippen molar-refractivity contribution in [3.63, 3.8) is 0 Å². The van der Waals surface area contributed by atoms with E-state index in [0.717, 1.165) is 16.7 Å². The molecule has 0 heterocycles. The molecule has 0 amide bonds. The fraction of sp³-hybridized carbons (Fsp3) is 0.600. The molecule has 0 saturated heterocycles. The first-order valence-electron chi connectivity index (χ1n) is 6.80. The minimum absolute atomic E-state index is 0.160. The molecule has 1 unspecified atom stereocenters. The maximum Gasteiger partial charge on any atom is 0.251 e. The zero-order valence-corrected chi connectivity index (χ0v) is 12.0. The van der Waals surface area contributed by atoms with Crippen LogP contribution in [0, 0.1) is 13.8 Å². The Morgan fingerprint density at radius 3 is 2.20 bits per heavy atom. The van der Waals surface area contributed by atoms with Crippen LogP contribution in [0.3, 0.4) is 0 Å². The van der Waals surface area contributed by atoms with Gasteiger partial charge in [-0.3, -0.25) is 4.90 Å². The van der Waals surface area contributed by atoms with E-state index in [0.29, 0.717) is 13.0 Å². The number of hydrogen-bond donors (Lipinski definition) is 2. The minimum Gasteiger partial charge on any atom is -0.395 e. The number of nitrogens with zero attached hydrogens (tertiary/aromatic N) is 1. The normalized spacial score (nSPS) is 13.2. The van der Waals surface area contributed by atoms with E-state index in [1.807, 2.05) is 32.0 Å². The molecule has 114 valence electrons. The van der Waals surface area contributed by atoms with Crippen LogP contribution in [0.2, 0.25) is 0 Å². The molecule has 0 aromatic heterocycles. The monoisotopic (exact) mass is 287 g/mol. The van der Waals surface area contributed by atoms with Gasteiger partial charge in [0.1, 0.15) is 0 Å². The molecular formula is C15H23F2NO2. The number of aliphatic hydroxyl groups is 2. The number of aliphatic hydroxyl groups excluding tert-OH is 2.